The fourth-order valence-electron chi connectivity index (χ4n) is 2.52. The highest BCUT2D eigenvalue weighted by molar-refractivity contribution is 5.40. The van der Waals surface area contributed by atoms with E-state index in [0.717, 1.165) is 31.2 Å². The Hall–Kier alpha value is -1.09. The van der Waals surface area contributed by atoms with E-state index in [1.807, 2.05) is 12.3 Å². The molecule has 3 heteroatoms. The van der Waals surface area contributed by atoms with Crippen LogP contribution in [0.3, 0.4) is 0 Å². The zero-order valence-electron chi connectivity index (χ0n) is 10.6. The van der Waals surface area contributed by atoms with Crippen molar-refractivity contribution < 1.29 is 5.11 Å². The van der Waals surface area contributed by atoms with E-state index >= 15 is 0 Å². The molecule has 94 valence electrons. The zero-order chi connectivity index (χ0) is 12.1. The third-order valence-corrected chi connectivity index (χ3v) is 3.61. The van der Waals surface area contributed by atoms with Crippen molar-refractivity contribution in [1.29, 1.82) is 0 Å². The minimum absolute atomic E-state index is 0.333. The van der Waals surface area contributed by atoms with Gasteiger partial charge in [-0.3, -0.25) is 0 Å². The minimum Gasteiger partial charge on any atom is -0.396 e. The summed E-state index contributed by atoms with van der Waals surface area (Å²) < 4.78 is 0. The molecule has 0 spiro atoms. The van der Waals surface area contributed by atoms with E-state index in [1.165, 1.54) is 24.8 Å². The maximum Gasteiger partial charge on any atom is 0.128 e. The second-order valence-corrected chi connectivity index (χ2v) is 4.99. The van der Waals surface area contributed by atoms with Crippen LogP contribution >= 0.6 is 0 Å². The monoisotopic (exact) mass is 234 g/mol. The Balaban J connectivity index is 1.86. The molecule has 0 aliphatic carbocycles. The molecule has 1 aromatic heterocycles. The highest BCUT2D eigenvalue weighted by Gasteiger charge is 2.19. The summed E-state index contributed by atoms with van der Waals surface area (Å²) >= 11 is 0. The van der Waals surface area contributed by atoms with Crippen LogP contribution in [0, 0.1) is 12.8 Å². The summed E-state index contributed by atoms with van der Waals surface area (Å²) in [5, 5.41) is 8.84. The van der Waals surface area contributed by atoms with Gasteiger partial charge >= 0.3 is 0 Å². The molecule has 1 fully saturated rings. The van der Waals surface area contributed by atoms with E-state index in [2.05, 4.69) is 22.9 Å². The van der Waals surface area contributed by atoms with Crippen LogP contribution in [0.15, 0.2) is 18.3 Å². The van der Waals surface area contributed by atoms with E-state index in [-0.39, 0.29) is 0 Å². The van der Waals surface area contributed by atoms with Crippen molar-refractivity contribution in [3.63, 3.8) is 0 Å². The van der Waals surface area contributed by atoms with Crippen LogP contribution in [-0.4, -0.2) is 29.8 Å². The molecule has 0 radical (unpaired) electrons. The quantitative estimate of drug-likeness (QED) is 0.869. The largest absolute Gasteiger partial charge is 0.396 e. The molecule has 0 atom stereocenters. The first-order chi connectivity index (χ1) is 8.29. The lowest BCUT2D eigenvalue weighted by atomic mass is 9.92. The second-order valence-electron chi connectivity index (χ2n) is 4.99. The first-order valence-corrected chi connectivity index (χ1v) is 6.58. The van der Waals surface area contributed by atoms with Crippen LogP contribution in [0.4, 0.5) is 5.82 Å². The number of aliphatic hydroxyl groups is 1. The first kappa shape index (κ1) is 12.4. The van der Waals surface area contributed by atoms with Crippen molar-refractivity contribution in [1.82, 2.24) is 4.98 Å². The van der Waals surface area contributed by atoms with Crippen molar-refractivity contribution in [2.75, 3.05) is 24.6 Å². The zero-order valence-corrected chi connectivity index (χ0v) is 10.6. The number of aryl methyl sites for hydroxylation is 1. The average Bonchev–Trinajstić information content (AvgIpc) is 2.37. The lowest BCUT2D eigenvalue weighted by Crippen LogP contribution is -2.34. The normalized spacial score (nSPS) is 17.4. The number of aromatic nitrogens is 1. The first-order valence-electron chi connectivity index (χ1n) is 6.58. The molecule has 2 rings (SSSR count). The van der Waals surface area contributed by atoms with Crippen molar-refractivity contribution in [2.24, 2.45) is 5.92 Å². The van der Waals surface area contributed by atoms with E-state index in [0.29, 0.717) is 6.61 Å². The van der Waals surface area contributed by atoms with Crippen LogP contribution in [-0.2, 0) is 0 Å². The molecular weight excluding hydrogens is 212 g/mol. The summed E-state index contributed by atoms with van der Waals surface area (Å²) in [4.78, 5) is 6.81. The molecule has 17 heavy (non-hydrogen) atoms. The van der Waals surface area contributed by atoms with Gasteiger partial charge in [0, 0.05) is 25.9 Å². The highest BCUT2D eigenvalue weighted by Crippen LogP contribution is 2.25. The van der Waals surface area contributed by atoms with Gasteiger partial charge < -0.3 is 10.0 Å². The molecule has 0 saturated carbocycles. The van der Waals surface area contributed by atoms with Crippen LogP contribution in [0.5, 0.6) is 0 Å². The standard InChI is InChI=1S/C14H22N2O/c1-12-4-7-15-14(11-12)16-8-5-13(6-9-16)3-2-10-17/h4,7,11,13,17H,2-3,5-6,8-10H2,1H3. The van der Waals surface area contributed by atoms with E-state index < -0.39 is 0 Å². The molecule has 2 heterocycles. The molecule has 1 N–H and O–H groups in total. The topological polar surface area (TPSA) is 36.4 Å². The fraction of sp³-hybridized carbons (Fsp3) is 0.643. The molecule has 1 aliphatic rings. The van der Waals surface area contributed by atoms with E-state index in [4.69, 9.17) is 5.11 Å². The predicted molar refractivity (Wildman–Crippen MR) is 70.2 cm³/mol. The molecule has 0 amide bonds. The maximum absolute atomic E-state index is 8.84. The van der Waals surface area contributed by atoms with Gasteiger partial charge in [-0.2, -0.15) is 0 Å². The number of hydrogen-bond donors (Lipinski definition) is 1. The molecule has 1 saturated heterocycles. The van der Waals surface area contributed by atoms with Gasteiger partial charge in [0.25, 0.3) is 0 Å². The summed E-state index contributed by atoms with van der Waals surface area (Å²) in [5.41, 5.74) is 1.28. The minimum atomic E-state index is 0.333. The lowest BCUT2D eigenvalue weighted by Gasteiger charge is -2.32. The van der Waals surface area contributed by atoms with Crippen molar-refractivity contribution in [3.8, 4) is 0 Å². The summed E-state index contributed by atoms with van der Waals surface area (Å²) in [6, 6.07) is 4.20. The summed E-state index contributed by atoms with van der Waals surface area (Å²) in [7, 11) is 0. The SMILES string of the molecule is Cc1ccnc(N2CCC(CCCO)CC2)c1. The number of rotatable bonds is 4. The number of anilines is 1. The Morgan fingerprint density at radius 1 is 1.41 bits per heavy atom. The Kier molecular flexibility index (Phi) is 4.37. The van der Waals surface area contributed by atoms with Gasteiger partial charge in [0.15, 0.2) is 0 Å². The summed E-state index contributed by atoms with van der Waals surface area (Å²) in [6.07, 6.45) is 6.48. The predicted octanol–water partition coefficient (Wildman–Crippen LogP) is 2.38. The van der Waals surface area contributed by atoms with Crippen LogP contribution in [0.2, 0.25) is 0 Å². The number of hydrogen-bond acceptors (Lipinski definition) is 3. The highest BCUT2D eigenvalue weighted by atomic mass is 16.2. The Morgan fingerprint density at radius 2 is 2.18 bits per heavy atom. The van der Waals surface area contributed by atoms with Gasteiger partial charge in [0.2, 0.25) is 0 Å². The van der Waals surface area contributed by atoms with Crippen molar-refractivity contribution in [2.45, 2.75) is 32.6 Å². The molecule has 0 bridgehead atoms. The Morgan fingerprint density at radius 3 is 2.82 bits per heavy atom. The molecule has 1 aromatic rings. The molecule has 0 aromatic carbocycles. The molecular formula is C14H22N2O. The van der Waals surface area contributed by atoms with Gasteiger partial charge in [-0.15, -0.1) is 0 Å². The number of piperidine rings is 1. The summed E-state index contributed by atoms with van der Waals surface area (Å²) in [5.74, 6) is 1.91. The Bertz CT molecular complexity index is 346. The smallest absolute Gasteiger partial charge is 0.128 e. The summed E-state index contributed by atoms with van der Waals surface area (Å²) in [6.45, 7) is 4.65. The van der Waals surface area contributed by atoms with Gasteiger partial charge in [-0.1, -0.05) is 0 Å². The van der Waals surface area contributed by atoms with Crippen LogP contribution < -0.4 is 4.90 Å². The van der Waals surface area contributed by atoms with Gasteiger partial charge in [0.05, 0.1) is 0 Å². The third-order valence-electron chi connectivity index (χ3n) is 3.61. The number of nitrogens with zero attached hydrogens (tertiary/aromatic N) is 2. The third kappa shape index (κ3) is 3.43. The number of pyridine rings is 1. The molecule has 3 nitrogen and oxygen atoms in total. The van der Waals surface area contributed by atoms with Crippen molar-refractivity contribution >= 4 is 5.82 Å². The van der Waals surface area contributed by atoms with E-state index in [9.17, 15) is 0 Å². The van der Waals surface area contributed by atoms with Crippen LogP contribution in [0.25, 0.3) is 0 Å². The van der Waals surface area contributed by atoms with Gasteiger partial charge in [-0.05, 0) is 56.2 Å². The average molecular weight is 234 g/mol. The van der Waals surface area contributed by atoms with E-state index in [1.54, 1.807) is 0 Å². The maximum atomic E-state index is 8.84. The van der Waals surface area contributed by atoms with Crippen molar-refractivity contribution in [3.05, 3.63) is 23.9 Å². The molecule has 1 aliphatic heterocycles. The number of aliphatic hydroxyl groups excluding tert-OH is 1. The van der Waals surface area contributed by atoms with Gasteiger partial charge in [-0.25, -0.2) is 4.98 Å². The molecule has 0 unspecified atom stereocenters. The lowest BCUT2D eigenvalue weighted by molar-refractivity contribution is 0.261. The van der Waals surface area contributed by atoms with Crippen LogP contribution in [0.1, 0.15) is 31.2 Å². The van der Waals surface area contributed by atoms with Gasteiger partial charge in [0.1, 0.15) is 5.82 Å². The fourth-order valence-corrected chi connectivity index (χ4v) is 2.52. The Labute approximate surface area is 103 Å². The second kappa shape index (κ2) is 6.01.